The van der Waals surface area contributed by atoms with Gasteiger partial charge < -0.3 is 5.73 Å². The quantitative estimate of drug-likeness (QED) is 0.510. The van der Waals surface area contributed by atoms with E-state index in [9.17, 15) is 10.1 Å². The highest BCUT2D eigenvalue weighted by Crippen LogP contribution is 2.36. The van der Waals surface area contributed by atoms with Crippen molar-refractivity contribution in [1.82, 2.24) is 9.97 Å². The van der Waals surface area contributed by atoms with E-state index in [4.69, 9.17) is 5.73 Å². The third-order valence-electron chi connectivity index (χ3n) is 5.05. The fourth-order valence-corrected chi connectivity index (χ4v) is 3.49. The molecule has 4 aromatic rings. The Hall–Kier alpha value is -4.04. The lowest BCUT2D eigenvalue weighted by Crippen LogP contribution is -2.05. The minimum atomic E-state index is -0.146. The lowest BCUT2D eigenvalue weighted by molar-refractivity contribution is 0.101. The van der Waals surface area contributed by atoms with Crippen LogP contribution in [0.25, 0.3) is 33.3 Å². The SMILES string of the molecule is CC(=O)c1cc(-c2ccc3ncccc3c2)c(-c2cccc(C#N)c2C)nc1N. The monoisotopic (exact) mass is 378 g/mol. The maximum absolute atomic E-state index is 12.1. The lowest BCUT2D eigenvalue weighted by Gasteiger charge is -2.15. The number of fused-ring (bicyclic) bond motifs is 1. The third-order valence-corrected chi connectivity index (χ3v) is 5.05. The molecule has 0 atom stereocenters. The van der Waals surface area contributed by atoms with Crippen molar-refractivity contribution in [3.05, 3.63) is 77.5 Å². The summed E-state index contributed by atoms with van der Waals surface area (Å²) < 4.78 is 0. The number of carbonyl (C=O) groups is 1. The van der Waals surface area contributed by atoms with E-state index in [0.29, 0.717) is 16.8 Å². The van der Waals surface area contributed by atoms with Gasteiger partial charge in [0.25, 0.3) is 0 Å². The minimum absolute atomic E-state index is 0.146. The number of nitrogens with zero attached hydrogens (tertiary/aromatic N) is 3. The number of nitrogens with two attached hydrogens (primary N) is 1. The van der Waals surface area contributed by atoms with E-state index >= 15 is 0 Å². The third kappa shape index (κ3) is 3.21. The molecule has 2 aromatic carbocycles. The van der Waals surface area contributed by atoms with Crippen LogP contribution in [-0.2, 0) is 0 Å². The van der Waals surface area contributed by atoms with Gasteiger partial charge in [0.05, 0.1) is 28.4 Å². The molecular weight excluding hydrogens is 360 g/mol. The number of benzene rings is 2. The molecule has 0 saturated heterocycles. The van der Waals surface area contributed by atoms with Crippen LogP contribution < -0.4 is 5.73 Å². The van der Waals surface area contributed by atoms with Crippen LogP contribution in [0.5, 0.6) is 0 Å². The van der Waals surface area contributed by atoms with Crippen molar-refractivity contribution in [2.75, 3.05) is 5.73 Å². The second-order valence-corrected chi connectivity index (χ2v) is 6.87. The summed E-state index contributed by atoms with van der Waals surface area (Å²) in [5, 5.41) is 10.4. The predicted octanol–water partition coefficient (Wildman–Crippen LogP) is 4.93. The number of nitriles is 1. The van der Waals surface area contributed by atoms with Crippen molar-refractivity contribution in [1.29, 1.82) is 5.26 Å². The van der Waals surface area contributed by atoms with Gasteiger partial charge in [0.2, 0.25) is 0 Å². The van der Waals surface area contributed by atoms with Gasteiger partial charge in [-0.05, 0) is 55.3 Å². The zero-order chi connectivity index (χ0) is 20.5. The Bertz CT molecular complexity index is 1320. The molecule has 0 bridgehead atoms. The first kappa shape index (κ1) is 18.3. The normalized spacial score (nSPS) is 10.7. The number of aromatic nitrogens is 2. The molecule has 0 aliphatic carbocycles. The summed E-state index contributed by atoms with van der Waals surface area (Å²) >= 11 is 0. The number of ketones is 1. The molecule has 5 heteroatoms. The molecule has 2 aromatic heterocycles. The van der Waals surface area contributed by atoms with E-state index in [1.807, 2.05) is 49.4 Å². The average molecular weight is 378 g/mol. The molecule has 5 nitrogen and oxygen atoms in total. The van der Waals surface area contributed by atoms with Crippen LogP contribution in [0.3, 0.4) is 0 Å². The Balaban J connectivity index is 2.04. The Morgan fingerprint density at radius 2 is 1.90 bits per heavy atom. The highest BCUT2D eigenvalue weighted by molar-refractivity contribution is 6.01. The summed E-state index contributed by atoms with van der Waals surface area (Å²) in [5.74, 6) is 0.0354. The summed E-state index contributed by atoms with van der Waals surface area (Å²) in [6.07, 6.45) is 1.75. The fraction of sp³-hybridized carbons (Fsp3) is 0.0833. The van der Waals surface area contributed by atoms with E-state index < -0.39 is 0 Å². The minimum Gasteiger partial charge on any atom is -0.383 e. The van der Waals surface area contributed by atoms with Crippen LogP contribution in [0.1, 0.15) is 28.4 Å². The first-order valence-corrected chi connectivity index (χ1v) is 9.16. The number of anilines is 1. The summed E-state index contributed by atoms with van der Waals surface area (Å²) in [5.41, 5.74) is 11.9. The van der Waals surface area contributed by atoms with Crippen molar-refractivity contribution in [2.24, 2.45) is 0 Å². The summed E-state index contributed by atoms with van der Waals surface area (Å²) in [6.45, 7) is 3.36. The van der Waals surface area contributed by atoms with Gasteiger partial charge in [-0.15, -0.1) is 0 Å². The van der Waals surface area contributed by atoms with E-state index in [1.54, 1.807) is 18.3 Å². The van der Waals surface area contributed by atoms with Crippen LogP contribution in [0, 0.1) is 18.3 Å². The molecule has 2 heterocycles. The molecule has 29 heavy (non-hydrogen) atoms. The molecule has 0 unspecified atom stereocenters. The number of Topliss-reactive ketones (excluding diaryl/α,β-unsaturated/α-hetero) is 1. The largest absolute Gasteiger partial charge is 0.383 e. The maximum atomic E-state index is 12.1. The van der Waals surface area contributed by atoms with Gasteiger partial charge in [-0.1, -0.05) is 24.3 Å². The van der Waals surface area contributed by atoms with Crippen molar-refractivity contribution in [3.63, 3.8) is 0 Å². The fourth-order valence-electron chi connectivity index (χ4n) is 3.49. The molecule has 0 radical (unpaired) electrons. The van der Waals surface area contributed by atoms with Crippen LogP contribution in [0.2, 0.25) is 0 Å². The molecule has 0 aliphatic rings. The zero-order valence-electron chi connectivity index (χ0n) is 16.1. The second kappa shape index (κ2) is 7.17. The molecule has 0 aliphatic heterocycles. The van der Waals surface area contributed by atoms with Gasteiger partial charge in [0, 0.05) is 22.7 Å². The van der Waals surface area contributed by atoms with E-state index in [-0.39, 0.29) is 11.6 Å². The van der Waals surface area contributed by atoms with Gasteiger partial charge in [-0.2, -0.15) is 5.26 Å². The van der Waals surface area contributed by atoms with Crippen molar-refractivity contribution in [3.8, 4) is 28.5 Å². The zero-order valence-corrected chi connectivity index (χ0v) is 16.1. The number of carbonyl (C=O) groups excluding carboxylic acids is 1. The molecule has 0 amide bonds. The highest BCUT2D eigenvalue weighted by atomic mass is 16.1. The summed E-state index contributed by atoms with van der Waals surface area (Å²) in [4.78, 5) is 21.1. The van der Waals surface area contributed by atoms with Crippen LogP contribution >= 0.6 is 0 Å². The number of nitrogen functional groups attached to an aromatic ring is 1. The van der Waals surface area contributed by atoms with Gasteiger partial charge in [0.1, 0.15) is 5.82 Å². The van der Waals surface area contributed by atoms with E-state index in [1.165, 1.54) is 6.92 Å². The summed E-state index contributed by atoms with van der Waals surface area (Å²) in [6, 6.07) is 19.3. The molecule has 0 spiro atoms. The molecular formula is C24H18N4O. The summed E-state index contributed by atoms with van der Waals surface area (Å²) in [7, 11) is 0. The van der Waals surface area contributed by atoms with Crippen molar-refractivity contribution >= 4 is 22.5 Å². The predicted molar refractivity (Wildman–Crippen MR) is 114 cm³/mol. The van der Waals surface area contributed by atoms with Crippen LogP contribution in [0.4, 0.5) is 5.82 Å². The molecule has 0 fully saturated rings. The maximum Gasteiger partial charge on any atom is 0.163 e. The average Bonchev–Trinajstić information content (AvgIpc) is 2.73. The van der Waals surface area contributed by atoms with E-state index in [2.05, 4.69) is 16.0 Å². The Morgan fingerprint density at radius 1 is 1.07 bits per heavy atom. The highest BCUT2D eigenvalue weighted by Gasteiger charge is 2.18. The van der Waals surface area contributed by atoms with Gasteiger partial charge in [0.15, 0.2) is 5.78 Å². The van der Waals surface area contributed by atoms with Crippen LogP contribution in [-0.4, -0.2) is 15.8 Å². The number of rotatable bonds is 3. The number of pyridine rings is 2. The molecule has 2 N–H and O–H groups in total. The number of hydrogen-bond acceptors (Lipinski definition) is 5. The Morgan fingerprint density at radius 3 is 2.66 bits per heavy atom. The van der Waals surface area contributed by atoms with E-state index in [0.717, 1.165) is 33.2 Å². The number of hydrogen-bond donors (Lipinski definition) is 1. The lowest BCUT2D eigenvalue weighted by atomic mass is 9.92. The first-order chi connectivity index (χ1) is 14.0. The van der Waals surface area contributed by atoms with Crippen LogP contribution in [0.15, 0.2) is 60.8 Å². The van der Waals surface area contributed by atoms with Gasteiger partial charge in [-0.25, -0.2) is 4.98 Å². The van der Waals surface area contributed by atoms with Gasteiger partial charge >= 0.3 is 0 Å². The van der Waals surface area contributed by atoms with Crippen molar-refractivity contribution < 1.29 is 4.79 Å². The smallest absolute Gasteiger partial charge is 0.163 e. The molecule has 140 valence electrons. The standard InChI is InChI=1S/C24H18N4O/c1-14-18(13-25)5-3-7-19(14)23-21(12-20(15(2)29)24(26)28-23)16-8-9-22-17(11-16)6-4-10-27-22/h3-12H,1-2H3,(H2,26,28). The first-order valence-electron chi connectivity index (χ1n) is 9.16. The molecule has 0 saturated carbocycles. The van der Waals surface area contributed by atoms with Crippen molar-refractivity contribution in [2.45, 2.75) is 13.8 Å². The topological polar surface area (TPSA) is 92.7 Å². The Labute approximate surface area is 168 Å². The Kier molecular flexibility index (Phi) is 4.53. The van der Waals surface area contributed by atoms with Gasteiger partial charge in [-0.3, -0.25) is 9.78 Å². The second-order valence-electron chi connectivity index (χ2n) is 6.87. The molecule has 4 rings (SSSR count).